The van der Waals surface area contributed by atoms with Crippen LogP contribution >= 0.6 is 0 Å². The van der Waals surface area contributed by atoms with Gasteiger partial charge in [-0.15, -0.1) is 0 Å². The Bertz CT molecular complexity index is 762. The van der Waals surface area contributed by atoms with Crippen LogP contribution in [0.25, 0.3) is 0 Å². The Morgan fingerprint density at radius 3 is 1.35 bits per heavy atom. The summed E-state index contributed by atoms with van der Waals surface area (Å²) in [5, 5.41) is 0. The molecule has 0 aliphatic rings. The van der Waals surface area contributed by atoms with Gasteiger partial charge in [0, 0.05) is 36.5 Å². The van der Waals surface area contributed by atoms with Crippen LogP contribution in [0.2, 0.25) is 0 Å². The van der Waals surface area contributed by atoms with E-state index in [1.54, 1.807) is 0 Å². The SMILES string of the molecule is COC(=O)/C=C/C(=O)OCC(OC(=O)/C=C/C(=O)OC)C(C)OC(=O)/C=C/C(=O)OC. The number of hydrogen-bond acceptors (Lipinski definition) is 12. The molecule has 0 aromatic rings. The standard InChI is InChI=1S/C19H22O12/c1-12(30-18(24)9-6-15(21)27-3)13(31-19(25)10-7-16(22)28-4)11-29-17(23)8-5-14(20)26-2/h5-10,12-13H,11H2,1-4H3/b8-5+,9-6+,10-7+. The molecule has 0 heterocycles. The van der Waals surface area contributed by atoms with Gasteiger partial charge in [0.2, 0.25) is 0 Å². The highest BCUT2D eigenvalue weighted by atomic mass is 16.6. The fraction of sp³-hybridized carbons (Fsp3) is 0.368. The molecule has 0 bridgehead atoms. The number of esters is 6. The molecule has 31 heavy (non-hydrogen) atoms. The van der Waals surface area contributed by atoms with E-state index < -0.39 is 54.6 Å². The van der Waals surface area contributed by atoms with E-state index in [1.165, 1.54) is 6.92 Å². The molecule has 0 spiro atoms. The van der Waals surface area contributed by atoms with Crippen molar-refractivity contribution in [3.63, 3.8) is 0 Å². The summed E-state index contributed by atoms with van der Waals surface area (Å²) in [7, 11) is 3.33. The summed E-state index contributed by atoms with van der Waals surface area (Å²) >= 11 is 0. The first-order chi connectivity index (χ1) is 14.6. The van der Waals surface area contributed by atoms with Crippen LogP contribution in [0.1, 0.15) is 6.92 Å². The lowest BCUT2D eigenvalue weighted by molar-refractivity contribution is -0.167. The zero-order valence-electron chi connectivity index (χ0n) is 17.2. The summed E-state index contributed by atoms with van der Waals surface area (Å²) in [6.07, 6.45) is 2.27. The topological polar surface area (TPSA) is 158 Å². The van der Waals surface area contributed by atoms with E-state index in [9.17, 15) is 28.8 Å². The maximum Gasteiger partial charge on any atom is 0.331 e. The molecule has 0 N–H and O–H groups in total. The number of rotatable bonds is 11. The van der Waals surface area contributed by atoms with Gasteiger partial charge in [-0.3, -0.25) is 0 Å². The first kappa shape index (κ1) is 27.0. The van der Waals surface area contributed by atoms with E-state index >= 15 is 0 Å². The van der Waals surface area contributed by atoms with Crippen molar-refractivity contribution < 1.29 is 57.2 Å². The van der Waals surface area contributed by atoms with Crippen LogP contribution < -0.4 is 0 Å². The van der Waals surface area contributed by atoms with Gasteiger partial charge in [-0.25, -0.2) is 28.8 Å². The molecule has 0 rings (SSSR count). The number of hydrogen-bond donors (Lipinski definition) is 0. The lowest BCUT2D eigenvalue weighted by Gasteiger charge is -2.22. The third-order valence-corrected chi connectivity index (χ3v) is 3.15. The first-order valence-electron chi connectivity index (χ1n) is 8.49. The van der Waals surface area contributed by atoms with Crippen LogP contribution in [-0.2, 0) is 57.2 Å². The minimum absolute atomic E-state index is 0.572. The average Bonchev–Trinajstić information content (AvgIpc) is 2.76. The molecule has 12 nitrogen and oxygen atoms in total. The van der Waals surface area contributed by atoms with Gasteiger partial charge in [0.05, 0.1) is 21.3 Å². The molecular formula is C19H22O12. The number of carbonyl (C=O) groups excluding carboxylic acids is 6. The minimum Gasteiger partial charge on any atom is -0.466 e. The highest BCUT2D eigenvalue weighted by molar-refractivity contribution is 5.93. The van der Waals surface area contributed by atoms with Crippen molar-refractivity contribution in [1.82, 2.24) is 0 Å². The van der Waals surface area contributed by atoms with Crippen molar-refractivity contribution >= 4 is 35.8 Å². The predicted molar refractivity (Wildman–Crippen MR) is 99.9 cm³/mol. The largest absolute Gasteiger partial charge is 0.466 e. The summed E-state index contributed by atoms with van der Waals surface area (Å²) in [6, 6.07) is 0. The van der Waals surface area contributed by atoms with Gasteiger partial charge in [0.1, 0.15) is 12.7 Å². The molecule has 0 aromatic carbocycles. The molecule has 0 aromatic heterocycles. The third kappa shape index (κ3) is 13.0. The van der Waals surface area contributed by atoms with E-state index in [0.29, 0.717) is 0 Å². The number of ether oxygens (including phenoxy) is 6. The fourth-order valence-electron chi connectivity index (χ4n) is 1.58. The zero-order chi connectivity index (χ0) is 23.8. The molecule has 0 radical (unpaired) electrons. The van der Waals surface area contributed by atoms with Crippen molar-refractivity contribution in [1.29, 1.82) is 0 Å². The Morgan fingerprint density at radius 2 is 0.935 bits per heavy atom. The molecule has 0 fully saturated rings. The highest BCUT2D eigenvalue weighted by Gasteiger charge is 2.25. The fourth-order valence-corrected chi connectivity index (χ4v) is 1.58. The Hall–Kier alpha value is -3.96. The van der Waals surface area contributed by atoms with Crippen LogP contribution in [0.15, 0.2) is 36.5 Å². The minimum atomic E-state index is -1.30. The van der Waals surface area contributed by atoms with Crippen molar-refractivity contribution in [3.8, 4) is 0 Å². The van der Waals surface area contributed by atoms with Crippen LogP contribution in [0.4, 0.5) is 0 Å². The van der Waals surface area contributed by atoms with Crippen LogP contribution in [0.3, 0.4) is 0 Å². The average molecular weight is 442 g/mol. The van der Waals surface area contributed by atoms with E-state index in [0.717, 1.165) is 57.8 Å². The molecule has 2 atom stereocenters. The third-order valence-electron chi connectivity index (χ3n) is 3.15. The van der Waals surface area contributed by atoms with E-state index in [2.05, 4.69) is 14.2 Å². The van der Waals surface area contributed by atoms with Gasteiger partial charge in [-0.05, 0) is 6.92 Å². The van der Waals surface area contributed by atoms with Crippen molar-refractivity contribution in [2.45, 2.75) is 19.1 Å². The van der Waals surface area contributed by atoms with Gasteiger partial charge < -0.3 is 28.4 Å². The highest BCUT2D eigenvalue weighted by Crippen LogP contribution is 2.08. The number of carbonyl (C=O) groups is 6. The quantitative estimate of drug-likeness (QED) is 0.231. The van der Waals surface area contributed by atoms with Crippen LogP contribution in [0.5, 0.6) is 0 Å². The van der Waals surface area contributed by atoms with Gasteiger partial charge in [0.15, 0.2) is 6.10 Å². The molecule has 170 valence electrons. The molecule has 0 amide bonds. The van der Waals surface area contributed by atoms with Crippen molar-refractivity contribution in [3.05, 3.63) is 36.5 Å². The molecule has 0 aliphatic heterocycles. The monoisotopic (exact) mass is 442 g/mol. The summed E-state index contributed by atoms with van der Waals surface area (Å²) in [5.74, 6) is -5.38. The lowest BCUT2D eigenvalue weighted by Crippen LogP contribution is -2.37. The molecule has 0 saturated carbocycles. The summed E-state index contributed by atoms with van der Waals surface area (Å²) in [5.41, 5.74) is 0. The summed E-state index contributed by atoms with van der Waals surface area (Å²) in [6.45, 7) is 0.751. The van der Waals surface area contributed by atoms with Crippen molar-refractivity contribution in [2.75, 3.05) is 27.9 Å². The maximum absolute atomic E-state index is 11.9. The zero-order valence-corrected chi connectivity index (χ0v) is 17.2. The number of methoxy groups -OCH3 is 3. The Labute approximate surface area is 177 Å². The Kier molecular flexibility index (Phi) is 13.0. The molecular weight excluding hydrogens is 420 g/mol. The van der Waals surface area contributed by atoms with Gasteiger partial charge in [0.25, 0.3) is 0 Å². The van der Waals surface area contributed by atoms with E-state index in [4.69, 9.17) is 14.2 Å². The normalized spacial score (nSPS) is 12.8. The van der Waals surface area contributed by atoms with Gasteiger partial charge >= 0.3 is 35.8 Å². The molecule has 12 heteroatoms. The smallest absolute Gasteiger partial charge is 0.331 e. The van der Waals surface area contributed by atoms with Crippen molar-refractivity contribution in [2.24, 2.45) is 0 Å². The Morgan fingerprint density at radius 1 is 0.581 bits per heavy atom. The summed E-state index contributed by atoms with van der Waals surface area (Å²) < 4.78 is 27.9. The van der Waals surface area contributed by atoms with E-state index in [1.807, 2.05) is 0 Å². The molecule has 0 aliphatic carbocycles. The molecule has 0 saturated heterocycles. The first-order valence-corrected chi connectivity index (χ1v) is 8.49. The predicted octanol–water partition coefficient (Wildman–Crippen LogP) is -0.439. The maximum atomic E-state index is 11.9. The Balaban J connectivity index is 5.17. The van der Waals surface area contributed by atoms with Gasteiger partial charge in [-0.1, -0.05) is 0 Å². The summed E-state index contributed by atoms with van der Waals surface area (Å²) in [4.78, 5) is 68.3. The second-order valence-corrected chi connectivity index (χ2v) is 5.32. The van der Waals surface area contributed by atoms with Gasteiger partial charge in [-0.2, -0.15) is 0 Å². The molecule has 2 unspecified atom stereocenters. The lowest BCUT2D eigenvalue weighted by atomic mass is 10.2. The van der Waals surface area contributed by atoms with Crippen LogP contribution in [0, 0.1) is 0 Å². The van der Waals surface area contributed by atoms with Crippen LogP contribution in [-0.4, -0.2) is 76.0 Å². The second kappa shape index (κ2) is 15.0. The van der Waals surface area contributed by atoms with E-state index in [-0.39, 0.29) is 0 Å². The second-order valence-electron chi connectivity index (χ2n) is 5.32.